The Morgan fingerprint density at radius 1 is 1.22 bits per heavy atom. The molecule has 1 aliphatic rings. The van der Waals surface area contributed by atoms with E-state index in [-0.39, 0.29) is 12.1 Å². The molecular formula is C27H33ClN4O4. The summed E-state index contributed by atoms with van der Waals surface area (Å²) in [5.41, 5.74) is 2.36. The molecular weight excluding hydrogens is 480 g/mol. The summed E-state index contributed by atoms with van der Waals surface area (Å²) in [4.78, 5) is 14.9. The van der Waals surface area contributed by atoms with Crippen LogP contribution in [0, 0.1) is 6.92 Å². The van der Waals surface area contributed by atoms with E-state index in [4.69, 9.17) is 30.9 Å². The lowest BCUT2D eigenvalue weighted by Crippen LogP contribution is -2.43. The average molecular weight is 513 g/mol. The maximum atomic E-state index is 13.1. The van der Waals surface area contributed by atoms with E-state index in [1.807, 2.05) is 62.4 Å². The average Bonchev–Trinajstić information content (AvgIpc) is 3.51. The second kappa shape index (κ2) is 12.1. The van der Waals surface area contributed by atoms with E-state index in [0.717, 1.165) is 42.8 Å². The largest absolute Gasteiger partial charge is 0.493 e. The molecule has 3 aromatic rings. The van der Waals surface area contributed by atoms with Gasteiger partial charge in [0.25, 0.3) is 0 Å². The molecule has 9 heteroatoms. The van der Waals surface area contributed by atoms with Crippen molar-refractivity contribution in [2.75, 3.05) is 26.8 Å². The maximum absolute atomic E-state index is 13.1. The van der Waals surface area contributed by atoms with E-state index >= 15 is 0 Å². The highest BCUT2D eigenvalue weighted by atomic mass is 35.5. The highest BCUT2D eigenvalue weighted by Crippen LogP contribution is 2.36. The number of rotatable bonds is 10. The Labute approximate surface area is 217 Å². The second-order valence-corrected chi connectivity index (χ2v) is 9.19. The number of aromatic nitrogens is 2. The van der Waals surface area contributed by atoms with E-state index in [0.29, 0.717) is 42.0 Å². The molecule has 192 valence electrons. The van der Waals surface area contributed by atoms with E-state index in [2.05, 4.69) is 5.32 Å². The number of carbonyl (C=O) groups excluding carboxylic acids is 1. The van der Waals surface area contributed by atoms with Gasteiger partial charge in [0.05, 0.1) is 36.7 Å². The van der Waals surface area contributed by atoms with Crippen LogP contribution in [0.15, 0.2) is 48.5 Å². The van der Waals surface area contributed by atoms with Gasteiger partial charge in [0.2, 0.25) is 5.88 Å². The Morgan fingerprint density at radius 2 is 1.97 bits per heavy atom. The van der Waals surface area contributed by atoms with Crippen molar-refractivity contribution in [2.24, 2.45) is 0 Å². The van der Waals surface area contributed by atoms with Crippen LogP contribution in [-0.4, -0.2) is 53.6 Å². The third-order valence-corrected chi connectivity index (χ3v) is 6.35. The van der Waals surface area contributed by atoms with Gasteiger partial charge in [0.1, 0.15) is 0 Å². The predicted octanol–water partition coefficient (Wildman–Crippen LogP) is 5.74. The van der Waals surface area contributed by atoms with Crippen molar-refractivity contribution in [3.8, 4) is 23.1 Å². The number of benzene rings is 2. The molecule has 1 atom stereocenters. The van der Waals surface area contributed by atoms with Crippen LogP contribution >= 0.6 is 11.6 Å². The van der Waals surface area contributed by atoms with Crippen molar-refractivity contribution in [1.82, 2.24) is 20.0 Å². The molecule has 1 fully saturated rings. The number of para-hydroxylation sites is 2. The summed E-state index contributed by atoms with van der Waals surface area (Å²) >= 11 is 6.13. The predicted molar refractivity (Wildman–Crippen MR) is 139 cm³/mol. The standard InChI is InChI=1S/C27H33ClN4O4/c1-4-15-29-27(33)31(17-22-8-7-16-35-22)18-23-19(2)30-32(21-13-11-20(28)12-14-21)26(23)36-25-10-6-5-9-24(25)34-3/h5-6,9-14,22H,4,7-8,15-18H2,1-3H3,(H,29,33)/t22-/m1/s1. The van der Waals surface area contributed by atoms with E-state index < -0.39 is 0 Å². The minimum atomic E-state index is -0.130. The molecule has 2 aromatic carbocycles. The molecule has 0 aliphatic carbocycles. The summed E-state index contributed by atoms with van der Waals surface area (Å²) in [6.45, 7) is 6.10. The van der Waals surface area contributed by atoms with Crippen LogP contribution in [0.25, 0.3) is 5.69 Å². The van der Waals surface area contributed by atoms with E-state index in [1.165, 1.54) is 0 Å². The Balaban J connectivity index is 1.74. The van der Waals surface area contributed by atoms with Crippen molar-refractivity contribution in [3.63, 3.8) is 0 Å². The Morgan fingerprint density at radius 3 is 2.64 bits per heavy atom. The number of methoxy groups -OCH3 is 1. The SMILES string of the molecule is CCCNC(=O)N(Cc1c(C)nn(-c2ccc(Cl)cc2)c1Oc1ccccc1OC)C[C@H]1CCCO1. The third-order valence-electron chi connectivity index (χ3n) is 6.09. The molecule has 1 aliphatic heterocycles. The zero-order valence-electron chi connectivity index (χ0n) is 21.0. The van der Waals surface area contributed by atoms with Crippen molar-refractivity contribution >= 4 is 17.6 Å². The van der Waals surface area contributed by atoms with Crippen LogP contribution in [0.3, 0.4) is 0 Å². The highest BCUT2D eigenvalue weighted by Gasteiger charge is 2.27. The van der Waals surface area contributed by atoms with Crippen molar-refractivity contribution in [2.45, 2.75) is 45.8 Å². The molecule has 0 unspecified atom stereocenters. The molecule has 0 saturated carbocycles. The quantitative estimate of drug-likeness (QED) is 0.375. The fourth-order valence-electron chi connectivity index (χ4n) is 4.18. The van der Waals surface area contributed by atoms with Gasteiger partial charge in [-0.2, -0.15) is 5.10 Å². The fraction of sp³-hybridized carbons (Fsp3) is 0.407. The lowest BCUT2D eigenvalue weighted by Gasteiger charge is -2.26. The van der Waals surface area contributed by atoms with Gasteiger partial charge in [-0.15, -0.1) is 0 Å². The summed E-state index contributed by atoms with van der Waals surface area (Å²) in [6, 6.07) is 14.7. The summed E-state index contributed by atoms with van der Waals surface area (Å²) in [5, 5.41) is 8.42. The molecule has 0 bridgehead atoms. The number of nitrogens with zero attached hydrogens (tertiary/aromatic N) is 3. The van der Waals surface area contributed by atoms with Crippen LogP contribution in [0.2, 0.25) is 5.02 Å². The van der Waals surface area contributed by atoms with Gasteiger partial charge in [-0.25, -0.2) is 9.48 Å². The lowest BCUT2D eigenvalue weighted by atomic mass is 10.2. The van der Waals surface area contributed by atoms with E-state index in [9.17, 15) is 4.79 Å². The molecule has 4 rings (SSSR count). The fourth-order valence-corrected chi connectivity index (χ4v) is 4.30. The van der Waals surface area contributed by atoms with Gasteiger partial charge in [0, 0.05) is 24.7 Å². The van der Waals surface area contributed by atoms with Gasteiger partial charge in [-0.1, -0.05) is 30.7 Å². The number of nitrogens with one attached hydrogen (secondary N) is 1. The Hall–Kier alpha value is -3.23. The summed E-state index contributed by atoms with van der Waals surface area (Å²) in [5.74, 6) is 1.67. The smallest absolute Gasteiger partial charge is 0.317 e. The molecule has 36 heavy (non-hydrogen) atoms. The Kier molecular flexibility index (Phi) is 8.72. The zero-order chi connectivity index (χ0) is 25.5. The van der Waals surface area contributed by atoms with Crippen LogP contribution in [0.4, 0.5) is 4.79 Å². The third kappa shape index (κ3) is 6.12. The normalized spacial score (nSPS) is 15.1. The topological polar surface area (TPSA) is 77.9 Å². The second-order valence-electron chi connectivity index (χ2n) is 8.76. The zero-order valence-corrected chi connectivity index (χ0v) is 21.8. The van der Waals surface area contributed by atoms with Crippen molar-refractivity contribution in [1.29, 1.82) is 0 Å². The van der Waals surface area contributed by atoms with Crippen LogP contribution < -0.4 is 14.8 Å². The van der Waals surface area contributed by atoms with Gasteiger partial charge in [0.15, 0.2) is 11.5 Å². The molecule has 1 aromatic heterocycles. The first kappa shape index (κ1) is 25.9. The number of halogens is 1. The molecule has 8 nitrogen and oxygen atoms in total. The van der Waals surface area contributed by atoms with Crippen LogP contribution in [-0.2, 0) is 11.3 Å². The molecule has 1 N–H and O–H groups in total. The number of ether oxygens (including phenoxy) is 3. The van der Waals surface area contributed by atoms with Crippen LogP contribution in [0.5, 0.6) is 17.4 Å². The van der Waals surface area contributed by atoms with Crippen molar-refractivity contribution < 1.29 is 19.0 Å². The number of hydrogen-bond acceptors (Lipinski definition) is 5. The minimum absolute atomic E-state index is 0.0163. The summed E-state index contributed by atoms with van der Waals surface area (Å²) in [7, 11) is 1.60. The molecule has 1 saturated heterocycles. The molecule has 0 spiro atoms. The first-order valence-electron chi connectivity index (χ1n) is 12.3. The number of amides is 2. The molecule has 0 radical (unpaired) electrons. The molecule has 2 amide bonds. The number of aryl methyl sites for hydroxylation is 1. The Bertz CT molecular complexity index is 1160. The first-order valence-corrected chi connectivity index (χ1v) is 12.7. The van der Waals surface area contributed by atoms with Gasteiger partial charge in [-0.3, -0.25) is 0 Å². The number of carbonyl (C=O) groups is 1. The van der Waals surface area contributed by atoms with Crippen LogP contribution in [0.1, 0.15) is 37.4 Å². The first-order chi connectivity index (χ1) is 17.5. The monoisotopic (exact) mass is 512 g/mol. The highest BCUT2D eigenvalue weighted by molar-refractivity contribution is 6.30. The van der Waals surface area contributed by atoms with Gasteiger partial charge < -0.3 is 24.4 Å². The van der Waals surface area contributed by atoms with Gasteiger partial charge >= 0.3 is 6.03 Å². The van der Waals surface area contributed by atoms with Gasteiger partial charge in [-0.05, 0) is 62.6 Å². The number of hydrogen-bond donors (Lipinski definition) is 1. The van der Waals surface area contributed by atoms with E-state index in [1.54, 1.807) is 16.7 Å². The lowest BCUT2D eigenvalue weighted by molar-refractivity contribution is 0.0793. The minimum Gasteiger partial charge on any atom is -0.493 e. The van der Waals surface area contributed by atoms with Crippen molar-refractivity contribution in [3.05, 3.63) is 64.8 Å². The summed E-state index contributed by atoms with van der Waals surface area (Å²) < 4.78 is 19.6. The number of urea groups is 1. The molecule has 2 heterocycles. The maximum Gasteiger partial charge on any atom is 0.317 e. The summed E-state index contributed by atoms with van der Waals surface area (Å²) in [6.07, 6.45) is 2.81.